The summed E-state index contributed by atoms with van der Waals surface area (Å²) in [7, 11) is 0. The van der Waals surface area contributed by atoms with Crippen molar-refractivity contribution < 1.29 is 4.39 Å². The minimum atomic E-state index is -0.277. The van der Waals surface area contributed by atoms with E-state index in [9.17, 15) is 4.39 Å². The lowest BCUT2D eigenvalue weighted by Gasteiger charge is -2.17. The Morgan fingerprint density at radius 2 is 2.12 bits per heavy atom. The number of aromatic nitrogens is 1. The summed E-state index contributed by atoms with van der Waals surface area (Å²) in [6.07, 6.45) is 3.40. The predicted molar refractivity (Wildman–Crippen MR) is 64.7 cm³/mol. The zero-order valence-electron chi connectivity index (χ0n) is 10.3. The van der Waals surface area contributed by atoms with Gasteiger partial charge in [-0.05, 0) is 37.4 Å². The molecule has 1 unspecified atom stereocenters. The summed E-state index contributed by atoms with van der Waals surface area (Å²) in [4.78, 5) is 4.11. The smallest absolute Gasteiger partial charge is 0.141 e. The highest BCUT2D eigenvalue weighted by molar-refractivity contribution is 5.09. The van der Waals surface area contributed by atoms with E-state index in [0.717, 1.165) is 25.1 Å². The first-order valence-electron chi connectivity index (χ1n) is 5.98. The standard InChI is InChI=1S/C13H21FN2/c1-4-12(15-8-7-10(2)3)13-6-5-11(14)9-16-13/h5-6,9-10,12,15H,4,7-8H2,1-3H3. The molecule has 0 aliphatic heterocycles. The number of pyridine rings is 1. The van der Waals surface area contributed by atoms with E-state index in [1.807, 2.05) is 0 Å². The van der Waals surface area contributed by atoms with Crippen molar-refractivity contribution in [2.75, 3.05) is 6.54 Å². The van der Waals surface area contributed by atoms with Crippen molar-refractivity contribution in [3.05, 3.63) is 29.8 Å². The van der Waals surface area contributed by atoms with E-state index < -0.39 is 0 Å². The number of hydrogen-bond donors (Lipinski definition) is 1. The van der Waals surface area contributed by atoms with Crippen molar-refractivity contribution in [3.63, 3.8) is 0 Å². The monoisotopic (exact) mass is 224 g/mol. The molecule has 2 nitrogen and oxygen atoms in total. The highest BCUT2D eigenvalue weighted by Gasteiger charge is 2.09. The van der Waals surface area contributed by atoms with Crippen LogP contribution in [0.3, 0.4) is 0 Å². The molecular formula is C13H21FN2. The van der Waals surface area contributed by atoms with Gasteiger partial charge < -0.3 is 5.32 Å². The van der Waals surface area contributed by atoms with Gasteiger partial charge in [0.05, 0.1) is 11.9 Å². The van der Waals surface area contributed by atoms with Crippen LogP contribution in [-0.4, -0.2) is 11.5 Å². The fourth-order valence-electron chi connectivity index (χ4n) is 1.60. The van der Waals surface area contributed by atoms with Crippen LogP contribution >= 0.6 is 0 Å². The molecule has 0 bridgehead atoms. The van der Waals surface area contributed by atoms with Gasteiger partial charge in [-0.15, -0.1) is 0 Å². The minimum absolute atomic E-state index is 0.236. The first-order valence-corrected chi connectivity index (χ1v) is 5.98. The molecule has 1 aromatic rings. The van der Waals surface area contributed by atoms with Crippen molar-refractivity contribution >= 4 is 0 Å². The second kappa shape index (κ2) is 6.59. The summed E-state index contributed by atoms with van der Waals surface area (Å²) in [6, 6.07) is 3.46. The number of halogens is 1. The molecule has 0 aliphatic rings. The van der Waals surface area contributed by atoms with Crippen LogP contribution in [0.1, 0.15) is 45.3 Å². The van der Waals surface area contributed by atoms with Gasteiger partial charge >= 0.3 is 0 Å². The van der Waals surface area contributed by atoms with Crippen molar-refractivity contribution in [1.82, 2.24) is 10.3 Å². The fraction of sp³-hybridized carbons (Fsp3) is 0.615. The molecule has 0 spiro atoms. The zero-order valence-corrected chi connectivity index (χ0v) is 10.3. The lowest BCUT2D eigenvalue weighted by Crippen LogP contribution is -2.23. The van der Waals surface area contributed by atoms with Gasteiger partial charge in [-0.2, -0.15) is 0 Å². The van der Waals surface area contributed by atoms with E-state index >= 15 is 0 Å². The Balaban J connectivity index is 2.50. The Kier molecular flexibility index (Phi) is 5.39. The average molecular weight is 224 g/mol. The fourth-order valence-corrected chi connectivity index (χ4v) is 1.60. The molecule has 1 heterocycles. The van der Waals surface area contributed by atoms with Crippen LogP contribution in [0.25, 0.3) is 0 Å². The van der Waals surface area contributed by atoms with Crippen molar-refractivity contribution in [2.24, 2.45) is 5.92 Å². The Morgan fingerprint density at radius 3 is 2.62 bits per heavy atom. The molecule has 0 fully saturated rings. The molecule has 1 aromatic heterocycles. The van der Waals surface area contributed by atoms with Crippen LogP contribution < -0.4 is 5.32 Å². The summed E-state index contributed by atoms with van der Waals surface area (Å²) in [5.74, 6) is 0.423. The molecule has 1 rings (SSSR count). The Morgan fingerprint density at radius 1 is 1.38 bits per heavy atom. The van der Waals surface area contributed by atoms with Gasteiger partial charge in [-0.1, -0.05) is 20.8 Å². The highest BCUT2D eigenvalue weighted by atomic mass is 19.1. The summed E-state index contributed by atoms with van der Waals surface area (Å²) in [5, 5.41) is 3.45. The van der Waals surface area contributed by atoms with Crippen LogP contribution in [-0.2, 0) is 0 Å². The molecule has 0 saturated heterocycles. The lowest BCUT2D eigenvalue weighted by molar-refractivity contribution is 0.462. The molecule has 1 N–H and O–H groups in total. The third-order valence-electron chi connectivity index (χ3n) is 2.63. The molecule has 3 heteroatoms. The van der Waals surface area contributed by atoms with Gasteiger partial charge in [0.15, 0.2) is 0 Å². The molecule has 90 valence electrons. The Bertz CT molecular complexity index is 295. The Labute approximate surface area is 97.3 Å². The molecule has 16 heavy (non-hydrogen) atoms. The van der Waals surface area contributed by atoms with E-state index in [0.29, 0.717) is 5.92 Å². The normalized spacial score (nSPS) is 13.1. The maximum Gasteiger partial charge on any atom is 0.141 e. The van der Waals surface area contributed by atoms with E-state index in [4.69, 9.17) is 0 Å². The maximum absolute atomic E-state index is 12.7. The van der Waals surface area contributed by atoms with Gasteiger partial charge in [0.25, 0.3) is 0 Å². The second-order valence-corrected chi connectivity index (χ2v) is 4.50. The van der Waals surface area contributed by atoms with Crippen LogP contribution in [0.5, 0.6) is 0 Å². The van der Waals surface area contributed by atoms with Gasteiger partial charge in [-0.25, -0.2) is 4.39 Å². The van der Waals surface area contributed by atoms with Gasteiger partial charge in [0, 0.05) is 6.04 Å². The summed E-state index contributed by atoms with van der Waals surface area (Å²) < 4.78 is 12.7. The summed E-state index contributed by atoms with van der Waals surface area (Å²) in [6.45, 7) is 7.50. The topological polar surface area (TPSA) is 24.9 Å². The first-order chi connectivity index (χ1) is 7.63. The quantitative estimate of drug-likeness (QED) is 0.802. The maximum atomic E-state index is 12.7. The van der Waals surface area contributed by atoms with Crippen molar-refractivity contribution in [1.29, 1.82) is 0 Å². The molecule has 0 radical (unpaired) electrons. The van der Waals surface area contributed by atoms with E-state index in [-0.39, 0.29) is 11.9 Å². The third-order valence-corrected chi connectivity index (χ3v) is 2.63. The molecule has 1 atom stereocenters. The molecule has 0 aliphatic carbocycles. The van der Waals surface area contributed by atoms with Crippen LogP contribution in [0, 0.1) is 11.7 Å². The Hall–Kier alpha value is -0.960. The van der Waals surface area contributed by atoms with Crippen LogP contribution in [0.2, 0.25) is 0 Å². The van der Waals surface area contributed by atoms with Gasteiger partial charge in [-0.3, -0.25) is 4.98 Å². The summed E-state index contributed by atoms with van der Waals surface area (Å²) in [5.41, 5.74) is 0.924. The number of hydrogen-bond acceptors (Lipinski definition) is 2. The largest absolute Gasteiger partial charge is 0.309 e. The molecule has 0 saturated carbocycles. The van der Waals surface area contributed by atoms with Crippen LogP contribution in [0.15, 0.2) is 18.3 Å². The zero-order chi connectivity index (χ0) is 12.0. The molecule has 0 amide bonds. The number of nitrogens with one attached hydrogen (secondary N) is 1. The van der Waals surface area contributed by atoms with Crippen LogP contribution in [0.4, 0.5) is 4.39 Å². The van der Waals surface area contributed by atoms with Gasteiger partial charge in [0.1, 0.15) is 5.82 Å². The minimum Gasteiger partial charge on any atom is -0.309 e. The molecule has 0 aromatic carbocycles. The number of rotatable bonds is 6. The van der Waals surface area contributed by atoms with E-state index in [1.165, 1.54) is 12.3 Å². The number of nitrogens with zero attached hydrogens (tertiary/aromatic N) is 1. The van der Waals surface area contributed by atoms with E-state index in [2.05, 4.69) is 31.1 Å². The third kappa shape index (κ3) is 4.27. The van der Waals surface area contributed by atoms with Gasteiger partial charge in [0.2, 0.25) is 0 Å². The molecular weight excluding hydrogens is 203 g/mol. The van der Waals surface area contributed by atoms with E-state index in [1.54, 1.807) is 6.07 Å². The highest BCUT2D eigenvalue weighted by Crippen LogP contribution is 2.14. The lowest BCUT2D eigenvalue weighted by atomic mass is 10.1. The SMILES string of the molecule is CCC(NCCC(C)C)c1ccc(F)cn1. The van der Waals surface area contributed by atoms with Crippen molar-refractivity contribution in [3.8, 4) is 0 Å². The summed E-state index contributed by atoms with van der Waals surface area (Å²) >= 11 is 0. The second-order valence-electron chi connectivity index (χ2n) is 4.50. The van der Waals surface area contributed by atoms with Crippen molar-refractivity contribution in [2.45, 2.75) is 39.7 Å². The predicted octanol–water partition coefficient (Wildman–Crippen LogP) is 3.31. The average Bonchev–Trinajstić information content (AvgIpc) is 2.26. The first kappa shape index (κ1) is 13.1.